The van der Waals surface area contributed by atoms with Crippen molar-refractivity contribution in [1.82, 2.24) is 25.4 Å². The number of ether oxygens (including phenoxy) is 1. The van der Waals surface area contributed by atoms with Crippen LogP contribution >= 0.6 is 23.7 Å². The Kier molecular flexibility index (Phi) is 15.9. The fourth-order valence-electron chi connectivity index (χ4n) is 5.50. The van der Waals surface area contributed by atoms with E-state index in [4.69, 9.17) is 10.5 Å². The molecule has 3 amide bonds. The minimum Gasteiger partial charge on any atom is -0.379 e. The van der Waals surface area contributed by atoms with Gasteiger partial charge < -0.3 is 26.0 Å². The van der Waals surface area contributed by atoms with Crippen LogP contribution in [-0.2, 0) is 28.9 Å². The predicted octanol–water partition coefficient (Wildman–Crippen LogP) is 5.00. The van der Waals surface area contributed by atoms with Crippen LogP contribution in [0, 0.1) is 0 Å². The average Bonchev–Trinajstić information content (AvgIpc) is 3.52. The summed E-state index contributed by atoms with van der Waals surface area (Å²) in [5.41, 5.74) is 9.77. The largest absolute Gasteiger partial charge is 0.379 e. The van der Waals surface area contributed by atoms with Crippen LogP contribution < -0.4 is 16.4 Å². The minimum absolute atomic E-state index is 0. The van der Waals surface area contributed by atoms with Crippen LogP contribution in [0.25, 0.3) is 0 Å². The maximum absolute atomic E-state index is 13.9. The Bertz CT molecular complexity index is 1310. The molecular formula is C35H51ClN6O3S. The van der Waals surface area contributed by atoms with Crippen LogP contribution in [0.5, 0.6) is 0 Å². The molecule has 1 fully saturated rings. The van der Waals surface area contributed by atoms with Crippen LogP contribution in [0.3, 0.4) is 0 Å². The third kappa shape index (κ3) is 12.6. The van der Waals surface area contributed by atoms with Gasteiger partial charge in [-0.3, -0.25) is 9.69 Å². The van der Waals surface area contributed by atoms with Gasteiger partial charge in [0.2, 0.25) is 5.91 Å². The highest BCUT2D eigenvalue weighted by molar-refractivity contribution is 7.09. The number of aromatic nitrogens is 1. The van der Waals surface area contributed by atoms with Crippen molar-refractivity contribution in [3.63, 3.8) is 0 Å². The van der Waals surface area contributed by atoms with Gasteiger partial charge in [-0.15, -0.1) is 23.7 Å². The van der Waals surface area contributed by atoms with Crippen LogP contribution in [0.1, 0.15) is 60.9 Å². The Hall–Kier alpha value is -3.02. The summed E-state index contributed by atoms with van der Waals surface area (Å²) in [4.78, 5) is 35.8. The fraction of sp³-hybridized carbons (Fsp3) is 0.514. The first-order valence-electron chi connectivity index (χ1n) is 16.2. The summed E-state index contributed by atoms with van der Waals surface area (Å²) < 4.78 is 5.50. The number of amides is 3. The van der Waals surface area contributed by atoms with Gasteiger partial charge in [-0.05, 0) is 43.2 Å². The lowest BCUT2D eigenvalue weighted by Gasteiger charge is -2.30. The van der Waals surface area contributed by atoms with Crippen LogP contribution in [0.2, 0.25) is 0 Å². The number of urea groups is 1. The Morgan fingerprint density at radius 2 is 1.59 bits per heavy atom. The number of carbonyl (C=O) groups is 2. The van der Waals surface area contributed by atoms with Crippen LogP contribution in [0.15, 0.2) is 66.0 Å². The number of nitrogens with one attached hydrogen (secondary N) is 2. The molecular weight excluding hydrogens is 620 g/mol. The number of nitrogens with zero attached hydrogens (tertiary/aromatic N) is 3. The van der Waals surface area contributed by atoms with E-state index in [-0.39, 0.29) is 36.4 Å². The van der Waals surface area contributed by atoms with Crippen molar-refractivity contribution >= 4 is 35.7 Å². The lowest BCUT2D eigenvalue weighted by atomic mass is 9.96. The van der Waals surface area contributed by atoms with Crippen molar-refractivity contribution in [2.24, 2.45) is 5.73 Å². The molecule has 9 nitrogen and oxygen atoms in total. The molecule has 3 unspecified atom stereocenters. The Labute approximate surface area is 284 Å². The first-order valence-corrected chi connectivity index (χ1v) is 17.0. The number of morpholine rings is 1. The van der Waals surface area contributed by atoms with Gasteiger partial charge in [0, 0.05) is 50.1 Å². The van der Waals surface area contributed by atoms with Crippen molar-refractivity contribution in [3.8, 4) is 0 Å². The quantitative estimate of drug-likeness (QED) is 0.198. The maximum atomic E-state index is 13.9. The second kappa shape index (κ2) is 19.6. The third-order valence-electron chi connectivity index (χ3n) is 8.16. The number of thiazole rings is 1. The van der Waals surface area contributed by atoms with E-state index in [0.29, 0.717) is 45.1 Å². The molecule has 0 spiro atoms. The molecule has 0 saturated carbocycles. The number of carbonyl (C=O) groups excluding carboxylic acids is 2. The number of nitrogens with two attached hydrogens (primary N) is 1. The van der Waals surface area contributed by atoms with Gasteiger partial charge in [0.1, 0.15) is 6.04 Å². The van der Waals surface area contributed by atoms with E-state index >= 15 is 0 Å². The number of hydrogen-bond donors (Lipinski definition) is 3. The molecule has 0 bridgehead atoms. The van der Waals surface area contributed by atoms with Crippen molar-refractivity contribution in [2.75, 3.05) is 39.9 Å². The number of halogens is 1. The summed E-state index contributed by atoms with van der Waals surface area (Å²) in [6.07, 6.45) is 3.49. The zero-order chi connectivity index (χ0) is 32.0. The van der Waals surface area contributed by atoms with E-state index in [1.807, 2.05) is 41.8 Å². The van der Waals surface area contributed by atoms with Gasteiger partial charge in [0.15, 0.2) is 0 Å². The van der Waals surface area contributed by atoms with E-state index in [9.17, 15) is 9.59 Å². The smallest absolute Gasteiger partial charge is 0.318 e. The van der Waals surface area contributed by atoms with Crippen molar-refractivity contribution in [3.05, 3.63) is 87.9 Å². The molecule has 46 heavy (non-hydrogen) atoms. The minimum atomic E-state index is -0.680. The second-order valence-electron chi connectivity index (χ2n) is 12.4. The lowest BCUT2D eigenvalue weighted by Crippen LogP contribution is -2.54. The molecule has 1 aliphatic rings. The summed E-state index contributed by atoms with van der Waals surface area (Å²) in [5.74, 6) is 0.172. The van der Waals surface area contributed by atoms with E-state index in [1.165, 1.54) is 5.56 Å². The summed E-state index contributed by atoms with van der Waals surface area (Å²) in [5, 5.41) is 9.39. The molecule has 4 N–H and O–H groups in total. The van der Waals surface area contributed by atoms with E-state index in [1.54, 1.807) is 23.3 Å². The Morgan fingerprint density at radius 1 is 0.957 bits per heavy atom. The molecule has 1 aliphatic heterocycles. The molecule has 2 heterocycles. The van der Waals surface area contributed by atoms with Crippen LogP contribution in [0.4, 0.5) is 4.79 Å². The van der Waals surface area contributed by atoms with Gasteiger partial charge in [-0.2, -0.15) is 0 Å². The molecule has 1 saturated heterocycles. The zero-order valence-electron chi connectivity index (χ0n) is 27.4. The molecule has 4 rings (SSSR count). The molecule has 3 atom stereocenters. The summed E-state index contributed by atoms with van der Waals surface area (Å²) in [7, 11) is 1.74. The standard InChI is InChI=1S/C35H50N6O3S.ClH/c1-26(2)34-38-31(25-45-34)24-40(3)35(43)39-32(16-17-41-18-20-44-21-19-41)33(42)37-30(23-28-12-8-5-9-13-28)15-14-29(36)22-27-10-6-4-7-11-27;/h4-13,25-26,29-30,32H,14-24,36H2,1-3H3,(H,37,42)(H,39,43);1H. The van der Waals surface area contributed by atoms with Crippen molar-refractivity contribution in [1.29, 1.82) is 0 Å². The number of hydrogen-bond acceptors (Lipinski definition) is 7. The lowest BCUT2D eigenvalue weighted by molar-refractivity contribution is -0.124. The third-order valence-corrected chi connectivity index (χ3v) is 9.35. The van der Waals surface area contributed by atoms with E-state index in [2.05, 4.69) is 58.6 Å². The zero-order valence-corrected chi connectivity index (χ0v) is 29.0. The van der Waals surface area contributed by atoms with Crippen LogP contribution in [-0.4, -0.2) is 84.7 Å². The Morgan fingerprint density at radius 3 is 2.20 bits per heavy atom. The SMILES string of the molecule is CC(C)c1nc(CN(C)C(=O)NC(CCN2CCOCC2)C(=O)NC(CCC(N)Cc2ccccc2)Cc2ccccc2)cs1.Cl. The molecule has 11 heteroatoms. The maximum Gasteiger partial charge on any atom is 0.318 e. The van der Waals surface area contributed by atoms with E-state index in [0.717, 1.165) is 48.6 Å². The predicted molar refractivity (Wildman–Crippen MR) is 189 cm³/mol. The van der Waals surface area contributed by atoms with Crippen molar-refractivity contribution < 1.29 is 14.3 Å². The van der Waals surface area contributed by atoms with Gasteiger partial charge in [0.05, 0.1) is 30.5 Å². The molecule has 0 radical (unpaired) electrons. The molecule has 1 aromatic heterocycles. The highest BCUT2D eigenvalue weighted by Crippen LogP contribution is 2.20. The molecule has 2 aromatic carbocycles. The molecule has 0 aliphatic carbocycles. The highest BCUT2D eigenvalue weighted by atomic mass is 35.5. The fourth-order valence-corrected chi connectivity index (χ4v) is 6.33. The highest BCUT2D eigenvalue weighted by Gasteiger charge is 2.26. The monoisotopic (exact) mass is 670 g/mol. The second-order valence-corrected chi connectivity index (χ2v) is 13.2. The summed E-state index contributed by atoms with van der Waals surface area (Å²) in [6.45, 7) is 8.29. The van der Waals surface area contributed by atoms with Gasteiger partial charge in [-0.25, -0.2) is 9.78 Å². The first-order chi connectivity index (χ1) is 21.8. The summed E-state index contributed by atoms with van der Waals surface area (Å²) in [6, 6.07) is 19.3. The number of benzene rings is 2. The number of rotatable bonds is 16. The van der Waals surface area contributed by atoms with Crippen molar-refractivity contribution in [2.45, 2.75) is 76.5 Å². The molecule has 3 aromatic rings. The normalized spacial score (nSPS) is 15.4. The summed E-state index contributed by atoms with van der Waals surface area (Å²) >= 11 is 1.61. The topological polar surface area (TPSA) is 113 Å². The van der Waals surface area contributed by atoms with Gasteiger partial charge in [-0.1, -0.05) is 74.5 Å². The van der Waals surface area contributed by atoms with Gasteiger partial charge >= 0.3 is 6.03 Å². The first kappa shape index (κ1) is 37.4. The molecule has 252 valence electrons. The van der Waals surface area contributed by atoms with Gasteiger partial charge in [0.25, 0.3) is 0 Å². The Balaban J connectivity index is 0.00000576. The average molecular weight is 671 g/mol. The van der Waals surface area contributed by atoms with E-state index < -0.39 is 6.04 Å².